The van der Waals surface area contributed by atoms with Crippen LogP contribution in [0.3, 0.4) is 0 Å². The predicted molar refractivity (Wildman–Crippen MR) is 73.4 cm³/mol. The lowest BCUT2D eigenvalue weighted by Gasteiger charge is -1.98. The van der Waals surface area contributed by atoms with Crippen molar-refractivity contribution in [1.82, 2.24) is 9.78 Å². The van der Waals surface area contributed by atoms with Crippen LogP contribution >= 0.6 is 0 Å². The van der Waals surface area contributed by atoms with E-state index in [1.165, 1.54) is 4.68 Å². The van der Waals surface area contributed by atoms with Gasteiger partial charge in [0.1, 0.15) is 5.76 Å². The molecule has 1 N–H and O–H groups in total. The Morgan fingerprint density at radius 2 is 1.95 bits per heavy atom. The Hall–Kier alpha value is -2.75. The molecule has 0 spiro atoms. The van der Waals surface area contributed by atoms with Crippen LogP contribution in [0.2, 0.25) is 0 Å². The lowest BCUT2D eigenvalue weighted by molar-refractivity contribution is 0.556. The van der Waals surface area contributed by atoms with Crippen LogP contribution in [0, 0.1) is 0 Å². The SMILES string of the molecule is C=c1[nH]n(-c2ccccc2)c(=O)/c1=C/c1ccco1. The number of nitrogens with zero attached hydrogens (tertiary/aromatic N) is 1. The van der Waals surface area contributed by atoms with Crippen LogP contribution in [-0.2, 0) is 0 Å². The quantitative estimate of drug-likeness (QED) is 0.739. The first-order chi connectivity index (χ1) is 9.25. The summed E-state index contributed by atoms with van der Waals surface area (Å²) in [5.41, 5.74) is 0.629. The van der Waals surface area contributed by atoms with Crippen molar-refractivity contribution >= 4 is 12.7 Å². The maximum Gasteiger partial charge on any atom is 0.279 e. The lowest BCUT2D eigenvalue weighted by atomic mass is 10.3. The average molecular weight is 252 g/mol. The molecule has 0 aliphatic rings. The van der Waals surface area contributed by atoms with Crippen LogP contribution in [0.1, 0.15) is 5.76 Å². The number of para-hydroxylation sites is 1. The third-order valence-corrected chi connectivity index (χ3v) is 2.85. The molecule has 4 heteroatoms. The largest absolute Gasteiger partial charge is 0.465 e. The first-order valence-electron chi connectivity index (χ1n) is 5.86. The summed E-state index contributed by atoms with van der Waals surface area (Å²) in [7, 11) is 0. The van der Waals surface area contributed by atoms with Crippen LogP contribution in [0.15, 0.2) is 57.9 Å². The average Bonchev–Trinajstić information content (AvgIpc) is 3.03. The number of hydrogen-bond acceptors (Lipinski definition) is 2. The normalized spacial score (nSPS) is 11.9. The van der Waals surface area contributed by atoms with Crippen molar-refractivity contribution in [1.29, 1.82) is 0 Å². The molecular weight excluding hydrogens is 240 g/mol. The smallest absolute Gasteiger partial charge is 0.279 e. The minimum absolute atomic E-state index is 0.146. The van der Waals surface area contributed by atoms with E-state index >= 15 is 0 Å². The molecule has 3 rings (SSSR count). The fourth-order valence-corrected chi connectivity index (χ4v) is 1.92. The Morgan fingerprint density at radius 3 is 2.63 bits per heavy atom. The van der Waals surface area contributed by atoms with Gasteiger partial charge >= 0.3 is 0 Å². The highest BCUT2D eigenvalue weighted by atomic mass is 16.3. The molecule has 0 aliphatic heterocycles. The van der Waals surface area contributed by atoms with Crippen LogP contribution in [-0.4, -0.2) is 9.78 Å². The van der Waals surface area contributed by atoms with Crippen molar-refractivity contribution < 1.29 is 4.42 Å². The van der Waals surface area contributed by atoms with Gasteiger partial charge in [-0.1, -0.05) is 24.8 Å². The Labute approximate surface area is 108 Å². The summed E-state index contributed by atoms with van der Waals surface area (Å²) in [6.45, 7) is 3.86. The van der Waals surface area contributed by atoms with Crippen LogP contribution in [0.4, 0.5) is 0 Å². The van der Waals surface area contributed by atoms with Gasteiger partial charge in [-0.05, 0) is 30.3 Å². The molecule has 1 aromatic carbocycles. The molecular formula is C15H12N2O2. The molecule has 4 nitrogen and oxygen atoms in total. The fourth-order valence-electron chi connectivity index (χ4n) is 1.92. The first-order valence-corrected chi connectivity index (χ1v) is 5.86. The van der Waals surface area contributed by atoms with E-state index in [0.717, 1.165) is 5.69 Å². The topological polar surface area (TPSA) is 50.9 Å². The van der Waals surface area contributed by atoms with Crippen molar-refractivity contribution in [2.45, 2.75) is 0 Å². The maximum atomic E-state index is 12.3. The Bertz CT molecular complexity index is 840. The van der Waals surface area contributed by atoms with Crippen molar-refractivity contribution in [2.24, 2.45) is 0 Å². The van der Waals surface area contributed by atoms with Crippen molar-refractivity contribution in [2.75, 3.05) is 0 Å². The van der Waals surface area contributed by atoms with Gasteiger partial charge in [0, 0.05) is 0 Å². The van der Waals surface area contributed by atoms with E-state index in [1.54, 1.807) is 24.5 Å². The lowest BCUT2D eigenvalue weighted by Crippen LogP contribution is -2.33. The highest BCUT2D eigenvalue weighted by molar-refractivity contribution is 5.43. The van der Waals surface area contributed by atoms with Gasteiger partial charge in [0.05, 0.1) is 22.5 Å². The summed E-state index contributed by atoms with van der Waals surface area (Å²) in [5, 5.41) is 4.02. The van der Waals surface area contributed by atoms with Gasteiger partial charge < -0.3 is 4.42 Å². The second kappa shape index (κ2) is 4.49. The van der Waals surface area contributed by atoms with Crippen molar-refractivity contribution in [3.63, 3.8) is 0 Å². The van der Waals surface area contributed by atoms with Crippen LogP contribution in [0.5, 0.6) is 0 Å². The van der Waals surface area contributed by atoms with Crippen molar-refractivity contribution in [3.05, 3.63) is 75.4 Å². The van der Waals surface area contributed by atoms with E-state index in [2.05, 4.69) is 11.7 Å². The third kappa shape index (κ3) is 2.04. The molecule has 94 valence electrons. The summed E-state index contributed by atoms with van der Waals surface area (Å²) < 4.78 is 6.69. The number of furan rings is 1. The summed E-state index contributed by atoms with van der Waals surface area (Å²) >= 11 is 0. The molecule has 2 heterocycles. The minimum atomic E-state index is -0.146. The summed E-state index contributed by atoms with van der Waals surface area (Å²) in [4.78, 5) is 12.3. The number of nitrogens with one attached hydrogen (secondary N) is 1. The molecule has 0 radical (unpaired) electrons. The number of benzene rings is 1. The fraction of sp³-hybridized carbons (Fsp3) is 0. The van der Waals surface area contributed by atoms with Crippen molar-refractivity contribution in [3.8, 4) is 5.69 Å². The second-order valence-electron chi connectivity index (χ2n) is 4.14. The molecule has 0 saturated heterocycles. The van der Waals surface area contributed by atoms with Gasteiger partial charge in [0.15, 0.2) is 0 Å². The summed E-state index contributed by atoms with van der Waals surface area (Å²) in [5.74, 6) is 0.626. The summed E-state index contributed by atoms with van der Waals surface area (Å²) in [6, 6.07) is 12.9. The molecule has 0 aliphatic carbocycles. The number of hydrogen-bond donors (Lipinski definition) is 1. The van der Waals surface area contributed by atoms with Crippen LogP contribution < -0.4 is 16.1 Å². The molecule has 0 amide bonds. The van der Waals surface area contributed by atoms with E-state index < -0.39 is 0 Å². The number of aromatic amines is 1. The Balaban J connectivity index is 2.23. The Morgan fingerprint density at radius 1 is 1.16 bits per heavy atom. The minimum Gasteiger partial charge on any atom is -0.465 e. The zero-order chi connectivity index (χ0) is 13.2. The van der Waals surface area contributed by atoms with E-state index in [0.29, 0.717) is 16.3 Å². The zero-order valence-electron chi connectivity index (χ0n) is 10.2. The highest BCUT2D eigenvalue weighted by Crippen LogP contribution is 2.00. The summed E-state index contributed by atoms with van der Waals surface area (Å²) in [6.07, 6.45) is 3.25. The number of H-pyrrole nitrogens is 1. The monoisotopic (exact) mass is 252 g/mol. The third-order valence-electron chi connectivity index (χ3n) is 2.85. The van der Waals surface area contributed by atoms with Gasteiger partial charge in [-0.3, -0.25) is 9.89 Å². The predicted octanol–water partition coefficient (Wildman–Crippen LogP) is 0.998. The standard InChI is InChI=1S/C15H12N2O2/c1-11-14(10-13-8-5-9-19-13)15(18)17(16-11)12-6-3-2-4-7-12/h2-10,16H,1H2/b14-10+. The second-order valence-corrected chi connectivity index (χ2v) is 4.14. The molecule has 2 aromatic heterocycles. The highest BCUT2D eigenvalue weighted by Gasteiger charge is 2.04. The first kappa shape index (κ1) is 11.3. The molecule has 0 unspecified atom stereocenters. The molecule has 0 fully saturated rings. The van der Waals surface area contributed by atoms with Gasteiger partial charge in [-0.2, -0.15) is 0 Å². The molecule has 0 saturated carbocycles. The molecule has 0 bridgehead atoms. The molecule has 19 heavy (non-hydrogen) atoms. The van der Waals surface area contributed by atoms with E-state index in [-0.39, 0.29) is 5.56 Å². The zero-order valence-corrected chi connectivity index (χ0v) is 10.2. The molecule has 3 aromatic rings. The van der Waals surface area contributed by atoms with Gasteiger partial charge in [0.2, 0.25) is 0 Å². The Kier molecular flexibility index (Phi) is 2.68. The number of aromatic nitrogens is 2. The van der Waals surface area contributed by atoms with E-state index in [1.807, 2.05) is 30.3 Å². The molecule has 0 atom stereocenters. The maximum absolute atomic E-state index is 12.3. The van der Waals surface area contributed by atoms with E-state index in [9.17, 15) is 4.79 Å². The van der Waals surface area contributed by atoms with Gasteiger partial charge in [-0.15, -0.1) is 0 Å². The van der Waals surface area contributed by atoms with Gasteiger partial charge in [-0.25, -0.2) is 4.68 Å². The van der Waals surface area contributed by atoms with Gasteiger partial charge in [0.25, 0.3) is 5.56 Å². The number of rotatable bonds is 2. The van der Waals surface area contributed by atoms with Crippen LogP contribution in [0.25, 0.3) is 18.3 Å². The van der Waals surface area contributed by atoms with E-state index in [4.69, 9.17) is 4.42 Å².